The van der Waals surface area contributed by atoms with Gasteiger partial charge in [-0.3, -0.25) is 0 Å². The molecule has 0 radical (unpaired) electrons. The van der Waals surface area contributed by atoms with Gasteiger partial charge in [-0.2, -0.15) is 5.26 Å². The van der Waals surface area contributed by atoms with E-state index in [1.54, 1.807) is 24.3 Å². The van der Waals surface area contributed by atoms with E-state index in [-0.39, 0.29) is 6.04 Å². The topological polar surface area (TPSA) is 82.4 Å². The van der Waals surface area contributed by atoms with E-state index in [0.29, 0.717) is 12.2 Å². The van der Waals surface area contributed by atoms with Crippen LogP contribution in [0.3, 0.4) is 0 Å². The van der Waals surface area contributed by atoms with Gasteiger partial charge in [-0.15, -0.1) is 0 Å². The van der Waals surface area contributed by atoms with Crippen molar-refractivity contribution in [3.63, 3.8) is 0 Å². The van der Waals surface area contributed by atoms with Crippen molar-refractivity contribution in [2.45, 2.75) is 25.3 Å². The number of nitrogens with zero attached hydrogens (tertiary/aromatic N) is 2. The highest BCUT2D eigenvalue weighted by Gasteiger charge is 2.21. The van der Waals surface area contributed by atoms with Gasteiger partial charge >= 0.3 is 0 Å². The molecule has 7 heteroatoms. The van der Waals surface area contributed by atoms with E-state index in [2.05, 4.69) is 15.7 Å². The van der Waals surface area contributed by atoms with Crippen molar-refractivity contribution >= 4 is 10.0 Å². The Morgan fingerprint density at radius 1 is 1.30 bits per heavy atom. The Morgan fingerprint density at radius 2 is 1.96 bits per heavy atom. The molecule has 0 spiro atoms. The average molecular weight is 337 g/mol. The van der Waals surface area contributed by atoms with Crippen molar-refractivity contribution in [3.05, 3.63) is 29.8 Å². The summed E-state index contributed by atoms with van der Waals surface area (Å²) in [5, 5.41) is 8.73. The molecule has 1 saturated heterocycles. The van der Waals surface area contributed by atoms with Crippen LogP contribution in [0.25, 0.3) is 0 Å². The van der Waals surface area contributed by atoms with Crippen LogP contribution in [0.1, 0.15) is 24.8 Å². The summed E-state index contributed by atoms with van der Waals surface area (Å²) in [7, 11) is -3.11. The number of hydrogen-bond acceptors (Lipinski definition) is 5. The Hall–Kier alpha value is -1.62. The van der Waals surface area contributed by atoms with Gasteiger partial charge < -0.3 is 9.64 Å². The maximum Gasteiger partial charge on any atom is 0.208 e. The summed E-state index contributed by atoms with van der Waals surface area (Å²) in [4.78, 5) is 2.34. The van der Waals surface area contributed by atoms with Crippen molar-refractivity contribution in [2.75, 3.05) is 32.5 Å². The maximum absolute atomic E-state index is 11.2. The molecule has 23 heavy (non-hydrogen) atoms. The molecule has 1 N–H and O–H groups in total. The number of likely N-dealkylation sites (tertiary alicyclic amines) is 1. The second-order valence-electron chi connectivity index (χ2n) is 5.84. The summed E-state index contributed by atoms with van der Waals surface area (Å²) >= 11 is 0. The highest BCUT2D eigenvalue weighted by Crippen LogP contribution is 2.13. The summed E-state index contributed by atoms with van der Waals surface area (Å²) in [6.07, 6.45) is 3.83. The molecule has 0 saturated carbocycles. The predicted molar refractivity (Wildman–Crippen MR) is 88.7 cm³/mol. The molecule has 0 aliphatic carbocycles. The first-order chi connectivity index (χ1) is 11.0. The number of nitriles is 1. The fraction of sp³-hybridized carbons (Fsp3) is 0.562. The predicted octanol–water partition coefficient (Wildman–Crippen LogP) is 1.34. The van der Waals surface area contributed by atoms with Crippen LogP contribution in [0, 0.1) is 11.3 Å². The zero-order chi connectivity index (χ0) is 16.7. The van der Waals surface area contributed by atoms with Crippen LogP contribution >= 0.6 is 0 Å². The molecule has 0 bridgehead atoms. The number of piperidine rings is 1. The minimum absolute atomic E-state index is 0.0659. The zero-order valence-electron chi connectivity index (χ0n) is 13.4. The summed E-state index contributed by atoms with van der Waals surface area (Å²) < 4.78 is 30.7. The highest BCUT2D eigenvalue weighted by molar-refractivity contribution is 7.88. The Kier molecular flexibility index (Phi) is 6.39. The molecule has 1 fully saturated rings. The van der Waals surface area contributed by atoms with E-state index in [1.807, 2.05) is 0 Å². The molecule has 0 unspecified atom stereocenters. The monoisotopic (exact) mass is 337 g/mol. The normalized spacial score (nSPS) is 16.9. The molecule has 0 aromatic heterocycles. The number of sulfonamides is 1. The average Bonchev–Trinajstić information content (AvgIpc) is 2.52. The minimum atomic E-state index is -3.11. The Labute approximate surface area is 138 Å². The van der Waals surface area contributed by atoms with Gasteiger partial charge in [-0.05, 0) is 56.6 Å². The number of rotatable bonds is 7. The van der Waals surface area contributed by atoms with E-state index < -0.39 is 10.0 Å². The van der Waals surface area contributed by atoms with Crippen LogP contribution in [0.4, 0.5) is 0 Å². The largest absolute Gasteiger partial charge is 0.494 e. The molecule has 1 aromatic rings. The van der Waals surface area contributed by atoms with Crippen LogP contribution in [-0.2, 0) is 10.0 Å². The smallest absolute Gasteiger partial charge is 0.208 e. The third-order valence-electron chi connectivity index (χ3n) is 3.84. The highest BCUT2D eigenvalue weighted by atomic mass is 32.2. The van der Waals surface area contributed by atoms with Gasteiger partial charge in [0.2, 0.25) is 10.0 Å². The molecule has 0 amide bonds. The fourth-order valence-corrected chi connectivity index (χ4v) is 3.52. The summed E-state index contributed by atoms with van der Waals surface area (Å²) in [5.74, 6) is 0.778. The maximum atomic E-state index is 11.2. The standard InChI is InChI=1S/C16H23N3O3S/c1-23(20,21)18-15-7-10-19(11-8-15)9-2-12-22-16-5-3-14(13-17)4-6-16/h3-6,15,18H,2,7-12H2,1H3. The van der Waals surface area contributed by atoms with E-state index >= 15 is 0 Å². The molecule has 0 atom stereocenters. The van der Waals surface area contributed by atoms with Gasteiger partial charge in [0.15, 0.2) is 0 Å². The second-order valence-corrected chi connectivity index (χ2v) is 7.62. The van der Waals surface area contributed by atoms with E-state index in [4.69, 9.17) is 10.00 Å². The molecular weight excluding hydrogens is 314 g/mol. The van der Waals surface area contributed by atoms with E-state index in [9.17, 15) is 8.42 Å². The van der Waals surface area contributed by atoms with Gasteiger partial charge in [0.05, 0.1) is 24.5 Å². The lowest BCUT2D eigenvalue weighted by atomic mass is 10.1. The van der Waals surface area contributed by atoms with Gasteiger partial charge in [0, 0.05) is 12.6 Å². The first-order valence-corrected chi connectivity index (χ1v) is 9.68. The molecule has 1 heterocycles. The van der Waals surface area contributed by atoms with Crippen molar-refractivity contribution < 1.29 is 13.2 Å². The fourth-order valence-electron chi connectivity index (χ4n) is 2.68. The van der Waals surface area contributed by atoms with E-state index in [0.717, 1.165) is 44.6 Å². The van der Waals surface area contributed by atoms with Gasteiger partial charge in [0.1, 0.15) is 5.75 Å². The lowest BCUT2D eigenvalue weighted by molar-refractivity contribution is 0.189. The number of hydrogen-bond donors (Lipinski definition) is 1. The lowest BCUT2D eigenvalue weighted by Gasteiger charge is -2.31. The first kappa shape index (κ1) is 17.7. The molecule has 1 aliphatic heterocycles. The van der Waals surface area contributed by atoms with Crippen LogP contribution in [0.15, 0.2) is 24.3 Å². The van der Waals surface area contributed by atoms with Crippen LogP contribution in [0.5, 0.6) is 5.75 Å². The van der Waals surface area contributed by atoms with E-state index in [1.165, 1.54) is 6.26 Å². The Balaban J connectivity index is 1.61. The van der Waals surface area contributed by atoms with Crippen LogP contribution in [0.2, 0.25) is 0 Å². The Bertz CT molecular complexity index is 630. The number of nitrogens with one attached hydrogen (secondary N) is 1. The lowest BCUT2D eigenvalue weighted by Crippen LogP contribution is -2.44. The zero-order valence-corrected chi connectivity index (χ0v) is 14.2. The van der Waals surface area contributed by atoms with Crippen molar-refractivity contribution in [1.29, 1.82) is 5.26 Å². The third kappa shape index (κ3) is 6.57. The SMILES string of the molecule is CS(=O)(=O)NC1CCN(CCCOc2ccc(C#N)cc2)CC1. The summed E-state index contributed by atoms with van der Waals surface area (Å²) in [5.41, 5.74) is 0.628. The van der Waals surface area contributed by atoms with Crippen molar-refractivity contribution in [1.82, 2.24) is 9.62 Å². The number of benzene rings is 1. The van der Waals surface area contributed by atoms with Crippen molar-refractivity contribution in [2.24, 2.45) is 0 Å². The first-order valence-electron chi connectivity index (χ1n) is 7.79. The third-order valence-corrected chi connectivity index (χ3v) is 4.60. The van der Waals surface area contributed by atoms with Crippen LogP contribution in [-0.4, -0.2) is 51.9 Å². The molecule has 1 aromatic carbocycles. The molecule has 1 aliphatic rings. The van der Waals surface area contributed by atoms with Gasteiger partial charge in [-0.1, -0.05) is 0 Å². The summed E-state index contributed by atoms with van der Waals surface area (Å²) in [6, 6.07) is 9.25. The molecule has 6 nitrogen and oxygen atoms in total. The Morgan fingerprint density at radius 3 is 2.52 bits per heavy atom. The molecule has 126 valence electrons. The second kappa shape index (κ2) is 8.29. The summed E-state index contributed by atoms with van der Waals surface area (Å²) in [6.45, 7) is 3.39. The molecule has 2 rings (SSSR count). The number of ether oxygens (including phenoxy) is 1. The molecular formula is C16H23N3O3S. The van der Waals surface area contributed by atoms with Crippen LogP contribution < -0.4 is 9.46 Å². The minimum Gasteiger partial charge on any atom is -0.494 e. The quantitative estimate of drug-likeness (QED) is 0.759. The van der Waals surface area contributed by atoms with Gasteiger partial charge in [0.25, 0.3) is 0 Å². The van der Waals surface area contributed by atoms with Crippen molar-refractivity contribution in [3.8, 4) is 11.8 Å². The van der Waals surface area contributed by atoms with Gasteiger partial charge in [-0.25, -0.2) is 13.1 Å².